The topological polar surface area (TPSA) is 13.1 Å². The van der Waals surface area contributed by atoms with Gasteiger partial charge in [0.15, 0.2) is 0 Å². The van der Waals surface area contributed by atoms with E-state index in [0.717, 1.165) is 28.4 Å². The van der Waals surface area contributed by atoms with Gasteiger partial charge in [0.1, 0.15) is 0 Å². The van der Waals surface area contributed by atoms with Crippen molar-refractivity contribution in [3.63, 3.8) is 0 Å². The quantitative estimate of drug-likeness (QED) is 0.166. The summed E-state index contributed by atoms with van der Waals surface area (Å²) in [5.74, 6) is 0. The lowest BCUT2D eigenvalue weighted by atomic mass is 9.98. The molecule has 3 nitrogen and oxygen atoms in total. The molecule has 2 aromatic heterocycles. The van der Waals surface area contributed by atoms with E-state index in [4.69, 9.17) is 0 Å². The summed E-state index contributed by atoms with van der Waals surface area (Å²) >= 11 is 0. The van der Waals surface area contributed by atoms with Crippen molar-refractivity contribution < 1.29 is 0 Å². The number of rotatable bonds is 5. The fourth-order valence-corrected chi connectivity index (χ4v) is 8.62. The third-order valence-electron chi connectivity index (χ3n) is 10.8. The van der Waals surface area contributed by atoms with Gasteiger partial charge in [-0.3, -0.25) is 0 Å². The van der Waals surface area contributed by atoms with E-state index in [1.165, 1.54) is 65.2 Å². The van der Waals surface area contributed by atoms with Gasteiger partial charge in [-0.15, -0.1) is 0 Å². The van der Waals surface area contributed by atoms with Gasteiger partial charge in [0.2, 0.25) is 0 Å². The van der Waals surface area contributed by atoms with Crippen LogP contribution in [0.3, 0.4) is 0 Å². The first-order valence-electron chi connectivity index (χ1n) is 18.2. The van der Waals surface area contributed by atoms with Crippen molar-refractivity contribution in [2.24, 2.45) is 0 Å². The predicted octanol–water partition coefficient (Wildman–Crippen LogP) is 13.7. The van der Waals surface area contributed by atoms with Crippen molar-refractivity contribution in [1.29, 1.82) is 0 Å². The molecule has 0 amide bonds. The summed E-state index contributed by atoms with van der Waals surface area (Å²) < 4.78 is 4.81. The Morgan fingerprint density at radius 3 is 1.57 bits per heavy atom. The molecule has 0 N–H and O–H groups in total. The number of para-hydroxylation sites is 4. The van der Waals surface area contributed by atoms with E-state index in [9.17, 15) is 0 Å². The monoisotopic (exact) mass is 675 g/mol. The molecule has 0 saturated carbocycles. The molecule has 0 bridgehead atoms. The van der Waals surface area contributed by atoms with Crippen LogP contribution in [0.2, 0.25) is 0 Å². The first kappa shape index (κ1) is 29.6. The zero-order valence-corrected chi connectivity index (χ0v) is 28.9. The molecule has 0 atom stereocenters. The fourth-order valence-electron chi connectivity index (χ4n) is 8.62. The lowest BCUT2D eigenvalue weighted by Gasteiger charge is -2.29. The molecule has 0 aliphatic rings. The lowest BCUT2D eigenvalue weighted by molar-refractivity contribution is 1.18. The Balaban J connectivity index is 1.29. The van der Waals surface area contributed by atoms with Crippen LogP contribution in [0.4, 0.5) is 17.1 Å². The summed E-state index contributed by atoms with van der Waals surface area (Å²) in [6.07, 6.45) is 0. The summed E-state index contributed by atoms with van der Waals surface area (Å²) in [5.41, 5.74) is 10.4. The molecule has 248 valence electrons. The van der Waals surface area contributed by atoms with Crippen molar-refractivity contribution in [3.05, 3.63) is 200 Å². The molecule has 11 rings (SSSR count). The van der Waals surface area contributed by atoms with Crippen molar-refractivity contribution in [2.45, 2.75) is 0 Å². The Morgan fingerprint density at radius 2 is 0.830 bits per heavy atom. The summed E-state index contributed by atoms with van der Waals surface area (Å²) in [5, 5.41) is 9.83. The smallest absolute Gasteiger partial charge is 0.0562 e. The van der Waals surface area contributed by atoms with Gasteiger partial charge in [0, 0.05) is 44.0 Å². The maximum Gasteiger partial charge on any atom is 0.0562 e. The van der Waals surface area contributed by atoms with E-state index < -0.39 is 0 Å². The molecule has 0 aliphatic heterocycles. The van der Waals surface area contributed by atoms with Gasteiger partial charge < -0.3 is 14.0 Å². The predicted molar refractivity (Wildman–Crippen MR) is 225 cm³/mol. The van der Waals surface area contributed by atoms with Gasteiger partial charge in [-0.2, -0.15) is 0 Å². The van der Waals surface area contributed by atoms with E-state index in [0.29, 0.717) is 0 Å². The maximum absolute atomic E-state index is 2.51. The van der Waals surface area contributed by atoms with E-state index in [1.807, 2.05) is 0 Å². The number of benzene rings is 9. The van der Waals surface area contributed by atoms with Gasteiger partial charge in [-0.05, 0) is 82.9 Å². The van der Waals surface area contributed by atoms with Gasteiger partial charge in [-0.25, -0.2) is 0 Å². The normalized spacial score (nSPS) is 11.8. The van der Waals surface area contributed by atoms with E-state index in [1.54, 1.807) is 0 Å². The molecule has 0 aliphatic carbocycles. The minimum absolute atomic E-state index is 1.10. The van der Waals surface area contributed by atoms with E-state index in [-0.39, 0.29) is 0 Å². The summed E-state index contributed by atoms with van der Waals surface area (Å²) in [6, 6.07) is 72.8. The van der Waals surface area contributed by atoms with Gasteiger partial charge in [0.25, 0.3) is 0 Å². The van der Waals surface area contributed by atoms with Crippen molar-refractivity contribution in [1.82, 2.24) is 9.13 Å². The Hall–Kier alpha value is -7.10. The average molecular weight is 676 g/mol. The molecular weight excluding hydrogens is 643 g/mol. The number of nitrogens with zero attached hydrogens (tertiary/aromatic N) is 3. The van der Waals surface area contributed by atoms with Crippen LogP contribution < -0.4 is 4.90 Å². The first-order valence-corrected chi connectivity index (χ1v) is 18.2. The van der Waals surface area contributed by atoms with Crippen LogP contribution in [0.15, 0.2) is 200 Å². The van der Waals surface area contributed by atoms with Crippen LogP contribution in [-0.4, -0.2) is 9.13 Å². The molecule has 0 saturated heterocycles. The third-order valence-corrected chi connectivity index (χ3v) is 10.8. The highest BCUT2D eigenvalue weighted by atomic mass is 15.2. The second kappa shape index (κ2) is 11.7. The number of fused-ring (bicyclic) bond motifs is 9. The number of anilines is 3. The molecule has 0 spiro atoms. The Bertz CT molecular complexity index is 3170. The minimum Gasteiger partial charge on any atom is -0.309 e. The van der Waals surface area contributed by atoms with E-state index in [2.05, 4.69) is 214 Å². The highest BCUT2D eigenvalue weighted by Crippen LogP contribution is 2.48. The standard InChI is InChI=1S/C50H33N3/c1-3-17-35(18-4-1)51-45-27-14-12-25-43(45)50-46(51)28-15-29-47(50)53(48-32-34-16-7-8-21-38(34)39-22-9-10-23-40(39)48)37-30-31-42-41-24-11-13-26-44(41)52(49(42)33-37)36-19-5-2-6-20-36/h1-33H. The molecule has 9 aromatic carbocycles. The second-order valence-electron chi connectivity index (χ2n) is 13.7. The zero-order chi connectivity index (χ0) is 34.9. The first-order chi connectivity index (χ1) is 26.3. The molecule has 0 fully saturated rings. The van der Waals surface area contributed by atoms with Crippen molar-refractivity contribution >= 4 is 82.2 Å². The summed E-state index contributed by atoms with van der Waals surface area (Å²) in [6.45, 7) is 0. The van der Waals surface area contributed by atoms with Gasteiger partial charge >= 0.3 is 0 Å². The summed E-state index contributed by atoms with van der Waals surface area (Å²) in [4.78, 5) is 2.51. The van der Waals surface area contributed by atoms with Crippen molar-refractivity contribution in [2.75, 3.05) is 4.90 Å². The SMILES string of the molecule is c1ccc(-n2c3ccccc3c3ccc(N(c4cc5ccccc5c5ccccc45)c4cccc5c4c4ccccc4n5-c4ccccc4)cc32)cc1. The highest BCUT2D eigenvalue weighted by molar-refractivity contribution is 6.20. The third kappa shape index (κ3) is 4.47. The minimum atomic E-state index is 1.10. The zero-order valence-electron chi connectivity index (χ0n) is 28.9. The molecule has 0 unspecified atom stereocenters. The van der Waals surface area contributed by atoms with Crippen LogP contribution in [-0.2, 0) is 0 Å². The molecule has 11 aromatic rings. The van der Waals surface area contributed by atoms with Gasteiger partial charge in [0.05, 0.1) is 33.4 Å². The molecule has 0 radical (unpaired) electrons. The molecule has 2 heterocycles. The largest absolute Gasteiger partial charge is 0.309 e. The number of aromatic nitrogens is 2. The van der Waals surface area contributed by atoms with E-state index >= 15 is 0 Å². The van der Waals surface area contributed by atoms with Gasteiger partial charge in [-0.1, -0.05) is 133 Å². The number of hydrogen-bond acceptors (Lipinski definition) is 1. The Kier molecular flexibility index (Phi) is 6.55. The Morgan fingerprint density at radius 1 is 0.302 bits per heavy atom. The van der Waals surface area contributed by atoms with Crippen LogP contribution in [0.25, 0.3) is 76.5 Å². The molecule has 3 heteroatoms. The van der Waals surface area contributed by atoms with Crippen LogP contribution in [0, 0.1) is 0 Å². The molecule has 53 heavy (non-hydrogen) atoms. The highest BCUT2D eigenvalue weighted by Gasteiger charge is 2.24. The number of hydrogen-bond donors (Lipinski definition) is 0. The second-order valence-corrected chi connectivity index (χ2v) is 13.7. The lowest BCUT2D eigenvalue weighted by Crippen LogP contribution is -2.11. The molecular formula is C50H33N3. The van der Waals surface area contributed by atoms with Crippen LogP contribution >= 0.6 is 0 Å². The maximum atomic E-state index is 2.51. The van der Waals surface area contributed by atoms with Crippen LogP contribution in [0.1, 0.15) is 0 Å². The Labute approximate surface area is 306 Å². The summed E-state index contributed by atoms with van der Waals surface area (Å²) in [7, 11) is 0. The average Bonchev–Trinajstić information content (AvgIpc) is 3.75. The van der Waals surface area contributed by atoms with Crippen LogP contribution in [0.5, 0.6) is 0 Å². The van der Waals surface area contributed by atoms with Crippen molar-refractivity contribution in [3.8, 4) is 11.4 Å². The fraction of sp³-hybridized carbons (Fsp3) is 0.